The third-order valence-corrected chi connectivity index (χ3v) is 1.26. The fourth-order valence-electron chi connectivity index (χ4n) is 0.764. The average Bonchev–Trinajstić information content (AvgIpc) is 2.06. The van der Waals surface area contributed by atoms with Crippen LogP contribution >= 0.6 is 0 Å². The monoisotopic (exact) mass is 147 g/mol. The number of hydrogen-bond donors (Lipinski definition) is 1. The van der Waals surface area contributed by atoms with Gasteiger partial charge in [-0.1, -0.05) is 18.2 Å². The average molecular weight is 147 g/mol. The minimum atomic E-state index is 0.496. The fourth-order valence-corrected chi connectivity index (χ4v) is 0.764. The van der Waals surface area contributed by atoms with Crippen molar-refractivity contribution in [1.82, 2.24) is 0 Å². The standard InChI is InChI=1S/C9H9NO/c1-8(7-11)10-9-5-3-2-4-6-9/h2-6,10H,1H3. The Balaban J connectivity index is 2.73. The first-order valence-corrected chi connectivity index (χ1v) is 3.36. The third-order valence-electron chi connectivity index (χ3n) is 1.26. The van der Waals surface area contributed by atoms with E-state index in [-0.39, 0.29) is 0 Å². The van der Waals surface area contributed by atoms with Crippen molar-refractivity contribution in [3.05, 3.63) is 36.0 Å². The Bertz CT molecular complexity index is 273. The summed E-state index contributed by atoms with van der Waals surface area (Å²) < 4.78 is 0. The first kappa shape index (κ1) is 7.58. The normalized spacial score (nSPS) is 8.45. The molecule has 1 N–H and O–H groups in total. The molecule has 0 aromatic heterocycles. The van der Waals surface area contributed by atoms with E-state index in [9.17, 15) is 4.79 Å². The molecule has 0 saturated heterocycles. The maximum atomic E-state index is 10.1. The summed E-state index contributed by atoms with van der Waals surface area (Å²) in [6.45, 7) is 1.68. The summed E-state index contributed by atoms with van der Waals surface area (Å²) in [5.74, 6) is 1.77. The van der Waals surface area contributed by atoms with Crippen molar-refractivity contribution >= 4 is 11.6 Å². The highest BCUT2D eigenvalue weighted by atomic mass is 16.1. The van der Waals surface area contributed by atoms with Gasteiger partial charge in [0.05, 0.1) is 5.70 Å². The highest BCUT2D eigenvalue weighted by molar-refractivity contribution is 5.60. The van der Waals surface area contributed by atoms with E-state index in [2.05, 4.69) is 5.32 Å². The van der Waals surface area contributed by atoms with E-state index in [1.165, 1.54) is 0 Å². The summed E-state index contributed by atoms with van der Waals surface area (Å²) in [5, 5.41) is 2.88. The molecule has 11 heavy (non-hydrogen) atoms. The Labute approximate surface area is 65.5 Å². The minimum absolute atomic E-state index is 0.496. The van der Waals surface area contributed by atoms with Gasteiger partial charge in [-0.15, -0.1) is 0 Å². The molecule has 56 valence electrons. The van der Waals surface area contributed by atoms with E-state index < -0.39 is 0 Å². The van der Waals surface area contributed by atoms with Gasteiger partial charge in [0, 0.05) is 5.69 Å². The predicted octanol–water partition coefficient (Wildman–Crippen LogP) is 1.83. The number of rotatable bonds is 2. The Morgan fingerprint density at radius 1 is 1.36 bits per heavy atom. The van der Waals surface area contributed by atoms with E-state index in [0.717, 1.165) is 5.69 Å². The number of allylic oxidation sites excluding steroid dienone is 1. The molecule has 0 fully saturated rings. The van der Waals surface area contributed by atoms with Crippen LogP contribution in [0.5, 0.6) is 0 Å². The summed E-state index contributed by atoms with van der Waals surface area (Å²) in [5.41, 5.74) is 1.41. The van der Waals surface area contributed by atoms with Crippen molar-refractivity contribution in [3.63, 3.8) is 0 Å². The molecule has 0 aliphatic carbocycles. The van der Waals surface area contributed by atoms with Crippen LogP contribution in [0.15, 0.2) is 36.0 Å². The van der Waals surface area contributed by atoms with Crippen molar-refractivity contribution in [1.29, 1.82) is 0 Å². The van der Waals surface area contributed by atoms with Crippen LogP contribution in [0.2, 0.25) is 0 Å². The van der Waals surface area contributed by atoms with E-state index in [4.69, 9.17) is 0 Å². The number of benzene rings is 1. The van der Waals surface area contributed by atoms with Crippen molar-refractivity contribution in [3.8, 4) is 0 Å². The van der Waals surface area contributed by atoms with Crippen LogP contribution in [-0.2, 0) is 4.79 Å². The maximum Gasteiger partial charge on any atom is 0.145 e. The van der Waals surface area contributed by atoms with Crippen molar-refractivity contribution in [2.45, 2.75) is 6.92 Å². The van der Waals surface area contributed by atoms with Crippen molar-refractivity contribution in [2.75, 3.05) is 5.32 Å². The fraction of sp³-hybridized carbons (Fsp3) is 0.111. The molecule has 0 spiro atoms. The summed E-state index contributed by atoms with van der Waals surface area (Å²) in [4.78, 5) is 10.1. The number of carbonyl (C=O) groups excluding carboxylic acids is 1. The smallest absolute Gasteiger partial charge is 0.145 e. The second-order valence-corrected chi connectivity index (χ2v) is 2.22. The van der Waals surface area contributed by atoms with Gasteiger partial charge in [-0.05, 0) is 19.1 Å². The van der Waals surface area contributed by atoms with E-state index in [0.29, 0.717) is 5.70 Å². The zero-order chi connectivity index (χ0) is 8.10. The summed E-state index contributed by atoms with van der Waals surface area (Å²) in [6.07, 6.45) is 0. The van der Waals surface area contributed by atoms with E-state index in [1.807, 2.05) is 30.3 Å². The molecule has 1 aromatic rings. The molecule has 0 atom stereocenters. The van der Waals surface area contributed by atoms with Gasteiger partial charge >= 0.3 is 0 Å². The molecule has 0 aliphatic rings. The van der Waals surface area contributed by atoms with Gasteiger partial charge < -0.3 is 5.32 Å². The predicted molar refractivity (Wildman–Crippen MR) is 44.9 cm³/mol. The Morgan fingerprint density at radius 3 is 2.55 bits per heavy atom. The first-order chi connectivity index (χ1) is 5.33. The van der Waals surface area contributed by atoms with Gasteiger partial charge in [0.15, 0.2) is 0 Å². The molecule has 0 aliphatic heterocycles. The van der Waals surface area contributed by atoms with Gasteiger partial charge in [-0.3, -0.25) is 0 Å². The molecule has 0 radical (unpaired) electrons. The molecular formula is C9H9NO. The van der Waals surface area contributed by atoms with Crippen LogP contribution in [0.1, 0.15) is 6.92 Å². The second-order valence-electron chi connectivity index (χ2n) is 2.22. The zero-order valence-electron chi connectivity index (χ0n) is 6.29. The SMILES string of the molecule is CC(=C=O)Nc1ccccc1. The molecule has 0 unspecified atom stereocenters. The van der Waals surface area contributed by atoms with Crippen LogP contribution in [0.4, 0.5) is 5.69 Å². The van der Waals surface area contributed by atoms with Crippen molar-refractivity contribution in [2.24, 2.45) is 0 Å². The van der Waals surface area contributed by atoms with E-state index >= 15 is 0 Å². The van der Waals surface area contributed by atoms with Crippen LogP contribution in [0, 0.1) is 0 Å². The van der Waals surface area contributed by atoms with Gasteiger partial charge in [-0.2, -0.15) is 0 Å². The van der Waals surface area contributed by atoms with E-state index in [1.54, 1.807) is 12.9 Å². The van der Waals surface area contributed by atoms with Crippen LogP contribution < -0.4 is 5.32 Å². The van der Waals surface area contributed by atoms with Gasteiger partial charge in [0.1, 0.15) is 5.94 Å². The first-order valence-electron chi connectivity index (χ1n) is 3.36. The molecule has 0 amide bonds. The molecule has 1 aromatic carbocycles. The lowest BCUT2D eigenvalue weighted by Crippen LogP contribution is -1.94. The molecule has 2 nitrogen and oxygen atoms in total. The van der Waals surface area contributed by atoms with Gasteiger partial charge in [-0.25, -0.2) is 4.79 Å². The molecular weight excluding hydrogens is 138 g/mol. The summed E-state index contributed by atoms with van der Waals surface area (Å²) >= 11 is 0. The minimum Gasteiger partial charge on any atom is -0.350 e. The summed E-state index contributed by atoms with van der Waals surface area (Å²) in [7, 11) is 0. The largest absolute Gasteiger partial charge is 0.350 e. The summed E-state index contributed by atoms with van der Waals surface area (Å²) in [6, 6.07) is 9.51. The second kappa shape index (κ2) is 3.59. The van der Waals surface area contributed by atoms with Gasteiger partial charge in [0.25, 0.3) is 0 Å². The molecule has 0 saturated carbocycles. The Kier molecular flexibility index (Phi) is 2.47. The quantitative estimate of drug-likeness (QED) is 0.646. The van der Waals surface area contributed by atoms with Crippen LogP contribution in [0.3, 0.4) is 0 Å². The molecule has 0 bridgehead atoms. The highest BCUT2D eigenvalue weighted by Crippen LogP contribution is 2.06. The third kappa shape index (κ3) is 2.28. The Morgan fingerprint density at radius 2 is 2.00 bits per heavy atom. The lowest BCUT2D eigenvalue weighted by atomic mass is 10.3. The maximum absolute atomic E-state index is 10.1. The lowest BCUT2D eigenvalue weighted by Gasteiger charge is -2.00. The number of hydrogen-bond acceptors (Lipinski definition) is 2. The van der Waals surface area contributed by atoms with Crippen molar-refractivity contribution < 1.29 is 4.79 Å². The molecule has 0 heterocycles. The molecule has 2 heteroatoms. The number of anilines is 1. The number of para-hydroxylation sites is 1. The number of nitrogens with one attached hydrogen (secondary N) is 1. The zero-order valence-corrected chi connectivity index (χ0v) is 6.29. The topological polar surface area (TPSA) is 29.1 Å². The van der Waals surface area contributed by atoms with Gasteiger partial charge in [0.2, 0.25) is 0 Å². The van der Waals surface area contributed by atoms with Crippen LogP contribution in [-0.4, -0.2) is 5.94 Å². The Hall–Kier alpha value is -1.53. The molecule has 1 rings (SSSR count). The lowest BCUT2D eigenvalue weighted by molar-refractivity contribution is 0.567. The van der Waals surface area contributed by atoms with Crippen LogP contribution in [0.25, 0.3) is 0 Å². The highest BCUT2D eigenvalue weighted by Gasteiger charge is 1.88.